The largest absolute Gasteiger partial charge is 0.354 e. The molecular formula is C18H27N3O2S2. The van der Waals surface area contributed by atoms with E-state index in [0.717, 1.165) is 56.4 Å². The second-order valence-corrected chi connectivity index (χ2v) is 8.88. The number of aryl methyl sites for hydroxylation is 2. The van der Waals surface area contributed by atoms with Crippen molar-refractivity contribution in [1.82, 2.24) is 15.2 Å². The maximum atomic E-state index is 12.6. The molecule has 7 heteroatoms. The molecule has 1 aliphatic heterocycles. The number of hydrogen-bond donors (Lipinski definition) is 1. The van der Waals surface area contributed by atoms with Crippen LogP contribution < -0.4 is 5.32 Å². The van der Waals surface area contributed by atoms with Gasteiger partial charge in [-0.3, -0.25) is 9.59 Å². The highest BCUT2D eigenvalue weighted by Gasteiger charge is 2.38. The maximum absolute atomic E-state index is 12.6. The first-order valence-corrected chi connectivity index (χ1v) is 11.3. The zero-order chi connectivity index (χ0) is 17.6. The van der Waals surface area contributed by atoms with Gasteiger partial charge in [-0.15, -0.1) is 23.1 Å². The Labute approximate surface area is 158 Å². The van der Waals surface area contributed by atoms with Gasteiger partial charge >= 0.3 is 0 Å². The summed E-state index contributed by atoms with van der Waals surface area (Å²) in [7, 11) is 0. The van der Waals surface area contributed by atoms with Gasteiger partial charge in [-0.25, -0.2) is 4.98 Å². The molecule has 1 aromatic heterocycles. The van der Waals surface area contributed by atoms with Crippen molar-refractivity contribution in [2.45, 2.75) is 57.9 Å². The summed E-state index contributed by atoms with van der Waals surface area (Å²) >= 11 is 3.39. The molecule has 1 aromatic rings. The second kappa shape index (κ2) is 9.03. The van der Waals surface area contributed by atoms with Crippen molar-refractivity contribution in [2.75, 3.05) is 18.2 Å². The van der Waals surface area contributed by atoms with Crippen LogP contribution in [0.2, 0.25) is 0 Å². The van der Waals surface area contributed by atoms with Gasteiger partial charge in [0.1, 0.15) is 6.04 Å². The fraction of sp³-hybridized carbons (Fsp3) is 0.722. The van der Waals surface area contributed by atoms with Gasteiger partial charge in [0.2, 0.25) is 11.8 Å². The fourth-order valence-electron chi connectivity index (χ4n) is 3.53. The molecule has 1 unspecified atom stereocenters. The lowest BCUT2D eigenvalue weighted by Gasteiger charge is -2.25. The third kappa shape index (κ3) is 4.97. The number of carbonyl (C=O) groups excluding carboxylic acids is 2. The predicted octanol–water partition coefficient (Wildman–Crippen LogP) is 2.98. The summed E-state index contributed by atoms with van der Waals surface area (Å²) in [6, 6.07) is -0.278. The van der Waals surface area contributed by atoms with Crippen LogP contribution >= 0.6 is 23.1 Å². The fourth-order valence-corrected chi connectivity index (χ4v) is 5.51. The van der Waals surface area contributed by atoms with Gasteiger partial charge in [0, 0.05) is 29.3 Å². The minimum atomic E-state index is -0.278. The molecule has 2 fully saturated rings. The summed E-state index contributed by atoms with van der Waals surface area (Å²) < 4.78 is 0. The molecule has 0 bridgehead atoms. The number of thiazole rings is 1. The number of thioether (sulfide) groups is 1. The van der Waals surface area contributed by atoms with Gasteiger partial charge in [0.15, 0.2) is 0 Å². The quantitative estimate of drug-likeness (QED) is 0.738. The Morgan fingerprint density at radius 2 is 2.12 bits per heavy atom. The second-order valence-electron chi connectivity index (χ2n) is 6.94. The van der Waals surface area contributed by atoms with E-state index in [9.17, 15) is 9.59 Å². The van der Waals surface area contributed by atoms with Crippen molar-refractivity contribution in [2.24, 2.45) is 5.92 Å². The van der Waals surface area contributed by atoms with Crippen LogP contribution in [0.25, 0.3) is 0 Å². The topological polar surface area (TPSA) is 62.3 Å². The average molecular weight is 382 g/mol. The lowest BCUT2D eigenvalue weighted by atomic mass is 10.1. The van der Waals surface area contributed by atoms with Gasteiger partial charge in [-0.05, 0) is 39.0 Å². The lowest BCUT2D eigenvalue weighted by molar-refractivity contribution is -0.141. The van der Waals surface area contributed by atoms with Crippen LogP contribution in [0.4, 0.5) is 0 Å². The van der Waals surface area contributed by atoms with Crippen molar-refractivity contribution in [3.63, 3.8) is 0 Å². The molecule has 1 aliphatic carbocycles. The van der Waals surface area contributed by atoms with Crippen LogP contribution in [0.15, 0.2) is 5.38 Å². The molecule has 1 saturated heterocycles. The van der Waals surface area contributed by atoms with Crippen molar-refractivity contribution in [3.05, 3.63) is 16.1 Å². The predicted molar refractivity (Wildman–Crippen MR) is 103 cm³/mol. The molecular weight excluding hydrogens is 354 g/mol. The summed E-state index contributed by atoms with van der Waals surface area (Å²) in [6.45, 7) is 2.69. The molecule has 2 aliphatic rings. The zero-order valence-corrected chi connectivity index (χ0v) is 16.5. The number of aromatic nitrogens is 1. The molecule has 138 valence electrons. The Morgan fingerprint density at radius 1 is 1.32 bits per heavy atom. The average Bonchev–Trinajstić information content (AvgIpc) is 3.35. The van der Waals surface area contributed by atoms with Gasteiger partial charge in [0.05, 0.1) is 10.9 Å². The van der Waals surface area contributed by atoms with Crippen molar-refractivity contribution >= 4 is 34.9 Å². The summed E-state index contributed by atoms with van der Waals surface area (Å²) in [5, 5.41) is 6.27. The molecule has 25 heavy (non-hydrogen) atoms. The first-order valence-electron chi connectivity index (χ1n) is 9.22. The van der Waals surface area contributed by atoms with E-state index in [-0.39, 0.29) is 23.8 Å². The van der Waals surface area contributed by atoms with E-state index in [1.54, 1.807) is 23.1 Å². The van der Waals surface area contributed by atoms with Crippen LogP contribution in [0.5, 0.6) is 0 Å². The first kappa shape index (κ1) is 18.7. The number of carbonyl (C=O) groups is 2. The normalized spacial score (nSPS) is 21.0. The lowest BCUT2D eigenvalue weighted by Crippen LogP contribution is -2.48. The number of nitrogens with one attached hydrogen (secondary N) is 1. The highest BCUT2D eigenvalue weighted by molar-refractivity contribution is 7.99. The number of nitrogens with zero attached hydrogens (tertiary/aromatic N) is 2. The van der Waals surface area contributed by atoms with Crippen LogP contribution in [0.1, 0.15) is 49.2 Å². The van der Waals surface area contributed by atoms with Gasteiger partial charge in [0.25, 0.3) is 0 Å². The van der Waals surface area contributed by atoms with Crippen LogP contribution in [0, 0.1) is 12.8 Å². The van der Waals surface area contributed by atoms with Crippen molar-refractivity contribution in [1.29, 1.82) is 0 Å². The van der Waals surface area contributed by atoms with E-state index in [1.807, 2.05) is 11.8 Å². The highest BCUT2D eigenvalue weighted by atomic mass is 32.2. The monoisotopic (exact) mass is 381 g/mol. The third-order valence-corrected chi connectivity index (χ3v) is 6.99. The molecule has 0 radical (unpaired) electrons. The Morgan fingerprint density at radius 3 is 2.84 bits per heavy atom. The minimum Gasteiger partial charge on any atom is -0.354 e. The summed E-state index contributed by atoms with van der Waals surface area (Å²) in [4.78, 5) is 31.4. The molecule has 0 spiro atoms. The Kier molecular flexibility index (Phi) is 6.76. The van der Waals surface area contributed by atoms with Gasteiger partial charge < -0.3 is 10.2 Å². The summed E-state index contributed by atoms with van der Waals surface area (Å²) in [5.74, 6) is 1.75. The van der Waals surface area contributed by atoms with Gasteiger partial charge in [-0.1, -0.05) is 12.8 Å². The molecule has 5 nitrogen and oxygen atoms in total. The summed E-state index contributed by atoms with van der Waals surface area (Å²) in [6.07, 6.45) is 7.22. The van der Waals surface area contributed by atoms with E-state index in [2.05, 4.69) is 15.7 Å². The standard InChI is InChI=1S/C18H27N3O2S2/c1-13-10-25-16(20-13)8-4-5-9-19-17(22)15-11-24-12-21(15)18(23)14-6-2-3-7-14/h10,14-15H,2-9,11-12H2,1H3,(H,19,22). The molecule has 2 amide bonds. The van der Waals surface area contributed by atoms with Crippen LogP contribution in [0.3, 0.4) is 0 Å². The zero-order valence-electron chi connectivity index (χ0n) is 14.8. The van der Waals surface area contributed by atoms with Crippen molar-refractivity contribution in [3.8, 4) is 0 Å². The number of hydrogen-bond acceptors (Lipinski definition) is 5. The molecule has 3 rings (SSSR count). The van der Waals surface area contributed by atoms with E-state index in [0.29, 0.717) is 12.4 Å². The highest BCUT2D eigenvalue weighted by Crippen LogP contribution is 2.30. The summed E-state index contributed by atoms with van der Waals surface area (Å²) in [5.41, 5.74) is 1.08. The molecule has 0 aromatic carbocycles. The minimum absolute atomic E-state index is 0.0152. The smallest absolute Gasteiger partial charge is 0.243 e. The Hall–Kier alpha value is -1.08. The SMILES string of the molecule is Cc1csc(CCCCNC(=O)C2CSCN2C(=O)C2CCCC2)n1. The van der Waals surface area contributed by atoms with Crippen LogP contribution in [-0.2, 0) is 16.0 Å². The molecule has 1 atom stereocenters. The number of amides is 2. The maximum Gasteiger partial charge on any atom is 0.243 e. The van der Waals surface area contributed by atoms with E-state index in [4.69, 9.17) is 0 Å². The number of unbranched alkanes of at least 4 members (excludes halogenated alkanes) is 1. The first-order chi connectivity index (χ1) is 12.1. The number of rotatable bonds is 7. The van der Waals surface area contributed by atoms with E-state index < -0.39 is 0 Å². The van der Waals surface area contributed by atoms with E-state index >= 15 is 0 Å². The van der Waals surface area contributed by atoms with Crippen LogP contribution in [-0.4, -0.2) is 45.9 Å². The van der Waals surface area contributed by atoms with Crippen molar-refractivity contribution < 1.29 is 9.59 Å². The molecule has 1 saturated carbocycles. The third-order valence-electron chi connectivity index (χ3n) is 4.96. The Bertz CT molecular complexity index is 599. The Balaban J connectivity index is 1.38. The molecule has 1 N–H and O–H groups in total. The van der Waals surface area contributed by atoms with Gasteiger partial charge in [-0.2, -0.15) is 0 Å². The van der Waals surface area contributed by atoms with E-state index in [1.165, 1.54) is 5.01 Å². The molecule has 2 heterocycles.